The fourth-order valence-corrected chi connectivity index (χ4v) is 2.75. The first-order valence-corrected chi connectivity index (χ1v) is 8.35. The summed E-state index contributed by atoms with van der Waals surface area (Å²) in [5.74, 6) is 0.567. The summed E-state index contributed by atoms with van der Waals surface area (Å²) in [5.41, 5.74) is 2.32. The average molecular weight is 511 g/mol. The van der Waals surface area contributed by atoms with Gasteiger partial charge in [-0.1, -0.05) is 6.07 Å². The first-order chi connectivity index (χ1) is 12.7. The van der Waals surface area contributed by atoms with Gasteiger partial charge in [-0.15, -0.1) is 24.0 Å². The molecule has 2 aromatic rings. The minimum Gasteiger partial charge on any atom is -0.497 e. The van der Waals surface area contributed by atoms with E-state index in [4.69, 9.17) is 4.74 Å². The lowest BCUT2D eigenvalue weighted by molar-refractivity contribution is -0.138. The number of halogens is 4. The number of benzene rings is 1. The highest BCUT2D eigenvalue weighted by Gasteiger charge is 2.33. The van der Waals surface area contributed by atoms with Crippen LogP contribution in [0.5, 0.6) is 5.75 Å². The zero-order valence-corrected chi connectivity index (χ0v) is 18.8. The van der Waals surface area contributed by atoms with Crippen molar-refractivity contribution < 1.29 is 17.9 Å². The van der Waals surface area contributed by atoms with E-state index in [0.717, 1.165) is 23.0 Å². The van der Waals surface area contributed by atoms with Crippen molar-refractivity contribution in [3.05, 3.63) is 46.3 Å². The summed E-state index contributed by atoms with van der Waals surface area (Å²) in [6, 6.07) is 3.90. The van der Waals surface area contributed by atoms with E-state index in [1.807, 2.05) is 20.9 Å². The zero-order chi connectivity index (χ0) is 20.2. The maximum atomic E-state index is 13.3. The number of aryl methyl sites for hydroxylation is 2. The molecular weight excluding hydrogens is 486 g/mol. The van der Waals surface area contributed by atoms with Crippen LogP contribution in [-0.4, -0.2) is 29.9 Å². The predicted molar refractivity (Wildman–Crippen MR) is 113 cm³/mol. The van der Waals surface area contributed by atoms with Crippen molar-refractivity contribution in [3.8, 4) is 5.75 Å². The van der Waals surface area contributed by atoms with E-state index in [9.17, 15) is 13.2 Å². The molecule has 0 radical (unpaired) electrons. The van der Waals surface area contributed by atoms with E-state index < -0.39 is 11.7 Å². The highest BCUT2D eigenvalue weighted by molar-refractivity contribution is 14.0. The Morgan fingerprint density at radius 3 is 2.36 bits per heavy atom. The molecule has 0 spiro atoms. The molecule has 0 fully saturated rings. The summed E-state index contributed by atoms with van der Waals surface area (Å²) in [6.07, 6.45) is -4.47. The smallest absolute Gasteiger partial charge is 0.416 e. The second-order valence-corrected chi connectivity index (χ2v) is 6.07. The quantitative estimate of drug-likeness (QED) is 0.367. The van der Waals surface area contributed by atoms with Gasteiger partial charge in [0.15, 0.2) is 5.96 Å². The van der Waals surface area contributed by atoms with Gasteiger partial charge in [-0.2, -0.15) is 18.3 Å². The van der Waals surface area contributed by atoms with E-state index in [-0.39, 0.29) is 41.8 Å². The van der Waals surface area contributed by atoms with E-state index in [2.05, 4.69) is 20.7 Å². The molecule has 1 aromatic carbocycles. The van der Waals surface area contributed by atoms with E-state index in [0.29, 0.717) is 12.5 Å². The Bertz CT molecular complexity index is 833. The van der Waals surface area contributed by atoms with Crippen molar-refractivity contribution in [1.82, 2.24) is 20.4 Å². The minimum absolute atomic E-state index is 0. The molecule has 1 aromatic heterocycles. The summed E-state index contributed by atoms with van der Waals surface area (Å²) in [6.45, 7) is 4.32. The number of aliphatic imine (C=N–C) groups is 1. The second-order valence-electron chi connectivity index (χ2n) is 6.07. The van der Waals surface area contributed by atoms with Gasteiger partial charge in [0.05, 0.1) is 18.4 Å². The summed E-state index contributed by atoms with van der Waals surface area (Å²) in [5, 5.41) is 10.4. The van der Waals surface area contributed by atoms with Crippen molar-refractivity contribution in [3.63, 3.8) is 0 Å². The van der Waals surface area contributed by atoms with Gasteiger partial charge in [-0.25, -0.2) is 0 Å². The van der Waals surface area contributed by atoms with Gasteiger partial charge in [0.25, 0.3) is 0 Å². The van der Waals surface area contributed by atoms with E-state index in [1.165, 1.54) is 19.2 Å². The number of aromatic nitrogens is 2. The highest BCUT2D eigenvalue weighted by atomic mass is 127. The molecule has 1 heterocycles. The molecule has 0 amide bonds. The average Bonchev–Trinajstić information content (AvgIpc) is 2.86. The topological polar surface area (TPSA) is 63.5 Å². The molecule has 0 aliphatic carbocycles. The lowest BCUT2D eigenvalue weighted by Gasteiger charge is -2.17. The lowest BCUT2D eigenvalue weighted by atomic mass is 10.1. The van der Waals surface area contributed by atoms with Crippen molar-refractivity contribution in [2.24, 2.45) is 12.0 Å². The van der Waals surface area contributed by atoms with Crippen LogP contribution >= 0.6 is 24.0 Å². The van der Waals surface area contributed by atoms with Crippen LogP contribution in [0.25, 0.3) is 0 Å². The van der Waals surface area contributed by atoms with Crippen LogP contribution in [0, 0.1) is 13.8 Å². The molecule has 0 aliphatic heterocycles. The number of nitrogens with zero attached hydrogens (tertiary/aromatic N) is 3. The fourth-order valence-electron chi connectivity index (χ4n) is 2.75. The van der Waals surface area contributed by atoms with Crippen molar-refractivity contribution in [2.45, 2.75) is 33.1 Å². The second kappa shape index (κ2) is 9.99. The van der Waals surface area contributed by atoms with Crippen LogP contribution < -0.4 is 15.4 Å². The van der Waals surface area contributed by atoms with Gasteiger partial charge in [0.2, 0.25) is 0 Å². The van der Waals surface area contributed by atoms with Crippen molar-refractivity contribution in [1.29, 1.82) is 0 Å². The predicted octanol–water partition coefficient (Wildman–Crippen LogP) is 3.55. The number of rotatable bonds is 5. The SMILES string of the molecule is CN=C(NCc1ccc(OC)cc1C(F)(F)F)NCc1c(C)nn(C)c1C.I. The number of nitrogens with one attached hydrogen (secondary N) is 2. The summed E-state index contributed by atoms with van der Waals surface area (Å²) >= 11 is 0. The summed E-state index contributed by atoms with van der Waals surface area (Å²) in [7, 11) is 4.76. The summed E-state index contributed by atoms with van der Waals surface area (Å²) < 4.78 is 46.6. The van der Waals surface area contributed by atoms with Crippen molar-refractivity contribution in [2.75, 3.05) is 14.2 Å². The molecule has 2 rings (SSSR count). The van der Waals surface area contributed by atoms with Gasteiger partial charge >= 0.3 is 6.18 Å². The zero-order valence-electron chi connectivity index (χ0n) is 16.4. The van der Waals surface area contributed by atoms with Crippen LogP contribution in [0.15, 0.2) is 23.2 Å². The Morgan fingerprint density at radius 2 is 1.86 bits per heavy atom. The highest BCUT2D eigenvalue weighted by Crippen LogP contribution is 2.34. The minimum atomic E-state index is -4.47. The standard InChI is InChI=1S/C18H24F3N5O.HI/c1-11-15(12(2)26(4)25-11)10-24-17(22-3)23-9-13-6-7-14(27-5)8-16(13)18(19,20)21;/h6-8H,9-10H2,1-5H3,(H2,22,23,24);1H. The Hall–Kier alpha value is -1.98. The number of hydrogen-bond donors (Lipinski definition) is 2. The van der Waals surface area contributed by atoms with Gasteiger partial charge < -0.3 is 15.4 Å². The van der Waals surface area contributed by atoms with Crippen LogP contribution in [-0.2, 0) is 26.3 Å². The van der Waals surface area contributed by atoms with Crippen LogP contribution in [0.4, 0.5) is 13.2 Å². The van der Waals surface area contributed by atoms with Crippen LogP contribution in [0.2, 0.25) is 0 Å². The maximum Gasteiger partial charge on any atom is 0.416 e. The Kier molecular flexibility index (Phi) is 8.58. The van der Waals surface area contributed by atoms with Crippen LogP contribution in [0.1, 0.15) is 28.1 Å². The van der Waals surface area contributed by atoms with E-state index >= 15 is 0 Å². The molecule has 0 atom stereocenters. The molecule has 0 bridgehead atoms. The first kappa shape index (κ1) is 24.1. The third kappa shape index (κ3) is 5.76. The summed E-state index contributed by atoms with van der Waals surface area (Å²) in [4.78, 5) is 4.07. The van der Waals surface area contributed by atoms with Crippen LogP contribution in [0.3, 0.4) is 0 Å². The monoisotopic (exact) mass is 511 g/mol. The Morgan fingerprint density at radius 1 is 1.21 bits per heavy atom. The molecular formula is C18H25F3IN5O. The molecule has 28 heavy (non-hydrogen) atoms. The third-order valence-electron chi connectivity index (χ3n) is 4.38. The number of methoxy groups -OCH3 is 1. The van der Waals surface area contributed by atoms with Crippen molar-refractivity contribution >= 4 is 29.9 Å². The first-order valence-electron chi connectivity index (χ1n) is 8.35. The lowest BCUT2D eigenvalue weighted by Crippen LogP contribution is -2.37. The van der Waals surface area contributed by atoms with Gasteiger partial charge in [-0.3, -0.25) is 9.67 Å². The largest absolute Gasteiger partial charge is 0.497 e. The molecule has 0 unspecified atom stereocenters. The third-order valence-corrected chi connectivity index (χ3v) is 4.38. The van der Waals surface area contributed by atoms with Gasteiger partial charge in [0, 0.05) is 38.4 Å². The Labute approximate surface area is 179 Å². The number of hydrogen-bond acceptors (Lipinski definition) is 3. The maximum absolute atomic E-state index is 13.3. The molecule has 0 saturated heterocycles. The number of guanidine groups is 1. The molecule has 10 heteroatoms. The normalized spacial score (nSPS) is 11.8. The van der Waals surface area contributed by atoms with Gasteiger partial charge in [-0.05, 0) is 31.5 Å². The fraction of sp³-hybridized carbons (Fsp3) is 0.444. The van der Waals surface area contributed by atoms with E-state index in [1.54, 1.807) is 11.7 Å². The molecule has 156 valence electrons. The number of alkyl halides is 3. The van der Waals surface area contributed by atoms with Gasteiger partial charge in [0.1, 0.15) is 5.75 Å². The number of ether oxygens (including phenoxy) is 1. The molecule has 6 nitrogen and oxygen atoms in total. The Balaban J connectivity index is 0.00000392. The molecule has 0 saturated carbocycles. The molecule has 2 N–H and O–H groups in total. The molecule has 0 aliphatic rings.